The van der Waals surface area contributed by atoms with Gasteiger partial charge in [0.15, 0.2) is 0 Å². The Morgan fingerprint density at radius 2 is 2.44 bits per heavy atom. The topological polar surface area (TPSA) is 64.1 Å². The second-order valence-electron chi connectivity index (χ2n) is 3.89. The molecule has 0 bridgehead atoms. The summed E-state index contributed by atoms with van der Waals surface area (Å²) in [5.41, 5.74) is 1.15. The molecule has 1 unspecified atom stereocenters. The lowest BCUT2D eigenvalue weighted by Crippen LogP contribution is -2.32. The first kappa shape index (κ1) is 11.0. The number of carbonyl (C=O) groups excluding carboxylic acids is 1. The number of nitrogens with zero attached hydrogens (tertiary/aromatic N) is 2. The molecule has 0 saturated carbocycles. The molecule has 1 saturated heterocycles. The maximum Gasteiger partial charge on any atom is 0.271 e. The fraction of sp³-hybridized carbons (Fsp3) is 0.545. The van der Waals surface area contributed by atoms with Crippen LogP contribution in [-0.2, 0) is 4.74 Å². The van der Waals surface area contributed by atoms with Crippen LogP contribution in [-0.4, -0.2) is 35.1 Å². The van der Waals surface area contributed by atoms with E-state index in [4.69, 9.17) is 4.74 Å². The third-order valence-electron chi connectivity index (χ3n) is 2.53. The molecule has 1 aromatic heterocycles. The standard InChI is InChI=1S/C11H15N3O2/c1-8-5-13-10(7-12-8)11(15)14-6-9-3-2-4-16-9/h5,7,9H,2-4,6H2,1H3,(H,14,15). The van der Waals surface area contributed by atoms with Gasteiger partial charge in [-0.15, -0.1) is 0 Å². The van der Waals surface area contributed by atoms with Crippen LogP contribution in [0.5, 0.6) is 0 Å². The van der Waals surface area contributed by atoms with Crippen molar-refractivity contribution in [2.24, 2.45) is 0 Å². The number of aromatic nitrogens is 2. The normalized spacial score (nSPS) is 19.7. The van der Waals surface area contributed by atoms with Crippen LogP contribution in [0.25, 0.3) is 0 Å². The molecule has 16 heavy (non-hydrogen) atoms. The van der Waals surface area contributed by atoms with Gasteiger partial charge in [0.25, 0.3) is 5.91 Å². The number of aryl methyl sites for hydroxylation is 1. The number of amides is 1. The molecule has 5 nitrogen and oxygen atoms in total. The maximum atomic E-state index is 11.6. The molecule has 0 spiro atoms. The van der Waals surface area contributed by atoms with E-state index in [2.05, 4.69) is 15.3 Å². The average Bonchev–Trinajstić information content (AvgIpc) is 2.80. The van der Waals surface area contributed by atoms with E-state index in [0.717, 1.165) is 25.1 Å². The number of carbonyl (C=O) groups is 1. The molecule has 1 aromatic rings. The molecule has 2 rings (SSSR count). The van der Waals surface area contributed by atoms with Crippen LogP contribution in [0.15, 0.2) is 12.4 Å². The SMILES string of the molecule is Cc1cnc(C(=O)NCC2CCCO2)cn1. The number of hydrogen-bond donors (Lipinski definition) is 1. The van der Waals surface area contributed by atoms with Crippen molar-refractivity contribution in [2.75, 3.05) is 13.2 Å². The van der Waals surface area contributed by atoms with Gasteiger partial charge >= 0.3 is 0 Å². The molecule has 1 fully saturated rings. The molecule has 1 atom stereocenters. The molecule has 1 amide bonds. The minimum absolute atomic E-state index is 0.155. The summed E-state index contributed by atoms with van der Waals surface area (Å²) in [6.07, 6.45) is 5.31. The van der Waals surface area contributed by atoms with Gasteiger partial charge in [0.1, 0.15) is 5.69 Å². The molecule has 1 aliphatic heterocycles. The zero-order valence-corrected chi connectivity index (χ0v) is 9.27. The Bertz CT molecular complexity index is 358. The number of rotatable bonds is 3. The largest absolute Gasteiger partial charge is 0.376 e. The van der Waals surface area contributed by atoms with Crippen LogP contribution in [0.3, 0.4) is 0 Å². The number of ether oxygens (including phenoxy) is 1. The van der Waals surface area contributed by atoms with E-state index in [1.807, 2.05) is 6.92 Å². The third kappa shape index (κ3) is 2.76. The van der Waals surface area contributed by atoms with E-state index in [1.165, 1.54) is 6.20 Å². The predicted molar refractivity (Wildman–Crippen MR) is 58.1 cm³/mol. The van der Waals surface area contributed by atoms with Crippen molar-refractivity contribution in [3.05, 3.63) is 23.8 Å². The highest BCUT2D eigenvalue weighted by molar-refractivity contribution is 5.91. The fourth-order valence-corrected chi connectivity index (χ4v) is 1.61. The smallest absolute Gasteiger partial charge is 0.271 e. The van der Waals surface area contributed by atoms with Crippen molar-refractivity contribution in [2.45, 2.75) is 25.9 Å². The molecule has 0 radical (unpaired) electrons. The van der Waals surface area contributed by atoms with Gasteiger partial charge in [0, 0.05) is 19.3 Å². The molecule has 2 heterocycles. The first-order chi connectivity index (χ1) is 7.75. The van der Waals surface area contributed by atoms with Crippen molar-refractivity contribution in [1.29, 1.82) is 0 Å². The quantitative estimate of drug-likeness (QED) is 0.815. The lowest BCUT2D eigenvalue weighted by atomic mass is 10.2. The second kappa shape index (κ2) is 5.03. The van der Waals surface area contributed by atoms with Crippen molar-refractivity contribution in [3.63, 3.8) is 0 Å². The lowest BCUT2D eigenvalue weighted by molar-refractivity contribution is 0.0853. The van der Waals surface area contributed by atoms with Gasteiger partial charge in [-0.05, 0) is 19.8 Å². The van der Waals surface area contributed by atoms with E-state index >= 15 is 0 Å². The van der Waals surface area contributed by atoms with E-state index in [-0.39, 0.29) is 12.0 Å². The van der Waals surface area contributed by atoms with Crippen LogP contribution >= 0.6 is 0 Å². The highest BCUT2D eigenvalue weighted by Gasteiger charge is 2.16. The van der Waals surface area contributed by atoms with Gasteiger partial charge in [0.2, 0.25) is 0 Å². The van der Waals surface area contributed by atoms with Crippen LogP contribution in [0.1, 0.15) is 29.0 Å². The Morgan fingerprint density at radius 3 is 3.06 bits per heavy atom. The van der Waals surface area contributed by atoms with Crippen molar-refractivity contribution >= 4 is 5.91 Å². The van der Waals surface area contributed by atoms with Gasteiger partial charge in [-0.3, -0.25) is 9.78 Å². The molecule has 86 valence electrons. The lowest BCUT2D eigenvalue weighted by Gasteiger charge is -2.10. The van der Waals surface area contributed by atoms with Crippen molar-refractivity contribution in [3.8, 4) is 0 Å². The molecule has 0 aromatic carbocycles. The summed E-state index contributed by atoms with van der Waals surface area (Å²) in [6, 6.07) is 0. The number of nitrogens with one attached hydrogen (secondary N) is 1. The van der Waals surface area contributed by atoms with E-state index in [1.54, 1.807) is 6.20 Å². The average molecular weight is 221 g/mol. The summed E-state index contributed by atoms with van der Waals surface area (Å²) < 4.78 is 5.41. The molecule has 0 aliphatic carbocycles. The first-order valence-corrected chi connectivity index (χ1v) is 5.44. The van der Waals surface area contributed by atoms with E-state index in [0.29, 0.717) is 12.2 Å². The zero-order chi connectivity index (χ0) is 11.4. The summed E-state index contributed by atoms with van der Waals surface area (Å²) in [5, 5.41) is 2.79. The maximum absolute atomic E-state index is 11.6. The second-order valence-corrected chi connectivity index (χ2v) is 3.89. The highest BCUT2D eigenvalue weighted by atomic mass is 16.5. The summed E-state index contributed by atoms with van der Waals surface area (Å²) in [6.45, 7) is 3.18. The summed E-state index contributed by atoms with van der Waals surface area (Å²) in [5.74, 6) is -0.192. The summed E-state index contributed by atoms with van der Waals surface area (Å²) in [4.78, 5) is 19.7. The number of hydrogen-bond acceptors (Lipinski definition) is 4. The summed E-state index contributed by atoms with van der Waals surface area (Å²) in [7, 11) is 0. The van der Waals surface area contributed by atoms with E-state index < -0.39 is 0 Å². The first-order valence-electron chi connectivity index (χ1n) is 5.44. The highest BCUT2D eigenvalue weighted by Crippen LogP contribution is 2.10. The molecule has 5 heteroatoms. The minimum Gasteiger partial charge on any atom is -0.376 e. The Kier molecular flexibility index (Phi) is 3.46. The van der Waals surface area contributed by atoms with Crippen molar-refractivity contribution in [1.82, 2.24) is 15.3 Å². The summed E-state index contributed by atoms with van der Waals surface area (Å²) >= 11 is 0. The van der Waals surface area contributed by atoms with E-state index in [9.17, 15) is 4.79 Å². The van der Waals surface area contributed by atoms with Gasteiger partial charge in [0.05, 0.1) is 18.0 Å². The van der Waals surface area contributed by atoms with Gasteiger partial charge in [-0.1, -0.05) is 0 Å². The predicted octanol–water partition coefficient (Wildman–Crippen LogP) is 0.694. The Labute approximate surface area is 94.2 Å². The van der Waals surface area contributed by atoms with Crippen LogP contribution in [0.4, 0.5) is 0 Å². The molecule has 1 N–H and O–H groups in total. The van der Waals surface area contributed by atoms with Gasteiger partial charge < -0.3 is 10.1 Å². The van der Waals surface area contributed by atoms with Crippen LogP contribution in [0.2, 0.25) is 0 Å². The Morgan fingerprint density at radius 1 is 1.56 bits per heavy atom. The fourth-order valence-electron chi connectivity index (χ4n) is 1.61. The zero-order valence-electron chi connectivity index (χ0n) is 9.27. The Hall–Kier alpha value is -1.49. The monoisotopic (exact) mass is 221 g/mol. The van der Waals surface area contributed by atoms with Crippen molar-refractivity contribution < 1.29 is 9.53 Å². The van der Waals surface area contributed by atoms with Gasteiger partial charge in [-0.2, -0.15) is 0 Å². The molecule has 1 aliphatic rings. The minimum atomic E-state index is -0.192. The van der Waals surface area contributed by atoms with Crippen LogP contribution < -0.4 is 5.32 Å². The molecular formula is C11H15N3O2. The van der Waals surface area contributed by atoms with Gasteiger partial charge in [-0.25, -0.2) is 4.98 Å². The molecular weight excluding hydrogens is 206 g/mol. The third-order valence-corrected chi connectivity index (χ3v) is 2.53. The Balaban J connectivity index is 1.85. The van der Waals surface area contributed by atoms with Crippen LogP contribution in [0, 0.1) is 6.92 Å².